The van der Waals surface area contributed by atoms with E-state index in [0.29, 0.717) is 12.2 Å². The Morgan fingerprint density at radius 1 is 1.17 bits per heavy atom. The molecule has 1 aromatic carbocycles. The molecule has 1 unspecified atom stereocenters. The molecule has 154 valence electrons. The topological polar surface area (TPSA) is 70.6 Å². The van der Waals surface area contributed by atoms with Crippen molar-refractivity contribution >= 4 is 17.4 Å². The smallest absolute Gasteiger partial charge is 0.270 e. The van der Waals surface area contributed by atoms with Crippen LogP contribution in [0.3, 0.4) is 0 Å². The number of aryl methyl sites for hydroxylation is 1. The van der Waals surface area contributed by atoms with Crippen molar-refractivity contribution in [1.29, 1.82) is 0 Å². The molecule has 1 N–H and O–H groups in total. The van der Waals surface area contributed by atoms with Crippen LogP contribution in [0.4, 0.5) is 11.5 Å². The third kappa shape index (κ3) is 4.50. The summed E-state index contributed by atoms with van der Waals surface area (Å²) in [6.45, 7) is 9.23. The Bertz CT molecular complexity index is 858. The zero-order valence-corrected chi connectivity index (χ0v) is 17.2. The Balaban J connectivity index is 1.36. The van der Waals surface area contributed by atoms with Crippen molar-refractivity contribution in [3.8, 4) is 0 Å². The average molecular weight is 396 g/mol. The first-order valence-electron chi connectivity index (χ1n) is 10.4. The summed E-state index contributed by atoms with van der Waals surface area (Å²) >= 11 is 0. The van der Waals surface area contributed by atoms with Crippen LogP contribution in [0.15, 0.2) is 30.6 Å². The lowest BCUT2D eigenvalue weighted by molar-refractivity contribution is 0.0853. The molecule has 1 amide bonds. The van der Waals surface area contributed by atoms with Gasteiger partial charge in [0.1, 0.15) is 17.8 Å². The van der Waals surface area contributed by atoms with Crippen molar-refractivity contribution in [3.63, 3.8) is 0 Å². The van der Waals surface area contributed by atoms with Crippen LogP contribution < -0.4 is 15.1 Å². The Labute approximate surface area is 172 Å². The molecule has 1 aromatic heterocycles. The Kier molecular flexibility index (Phi) is 5.94. The van der Waals surface area contributed by atoms with Crippen LogP contribution in [-0.4, -0.2) is 61.3 Å². The van der Waals surface area contributed by atoms with Gasteiger partial charge >= 0.3 is 0 Å². The van der Waals surface area contributed by atoms with Crippen LogP contribution in [0.1, 0.15) is 34.5 Å². The number of rotatable bonds is 5. The maximum atomic E-state index is 12.5. The van der Waals surface area contributed by atoms with E-state index in [1.165, 1.54) is 23.1 Å². The molecule has 2 saturated heterocycles. The molecule has 0 saturated carbocycles. The summed E-state index contributed by atoms with van der Waals surface area (Å²) < 4.78 is 5.56. The summed E-state index contributed by atoms with van der Waals surface area (Å²) in [7, 11) is 0. The molecule has 29 heavy (non-hydrogen) atoms. The SMILES string of the molecule is Cc1cccc(N2CCN(c3cc(C(=O)NCC4CCCO4)ncn3)CC2)c1C. The molecule has 3 heterocycles. The molecule has 0 radical (unpaired) electrons. The number of benzene rings is 1. The molecule has 2 fully saturated rings. The van der Waals surface area contributed by atoms with E-state index in [2.05, 4.69) is 57.1 Å². The molecule has 2 aliphatic rings. The second kappa shape index (κ2) is 8.78. The molecular weight excluding hydrogens is 366 g/mol. The van der Waals surface area contributed by atoms with Gasteiger partial charge in [-0.05, 0) is 43.9 Å². The van der Waals surface area contributed by atoms with E-state index in [9.17, 15) is 4.79 Å². The highest BCUT2D eigenvalue weighted by molar-refractivity contribution is 5.92. The second-order valence-electron chi connectivity index (χ2n) is 7.80. The number of nitrogens with one attached hydrogen (secondary N) is 1. The zero-order chi connectivity index (χ0) is 20.2. The van der Waals surface area contributed by atoms with Gasteiger partial charge in [0.25, 0.3) is 5.91 Å². The first-order chi connectivity index (χ1) is 14.1. The van der Waals surface area contributed by atoms with Gasteiger partial charge in [0.15, 0.2) is 0 Å². The van der Waals surface area contributed by atoms with Crippen LogP contribution in [0, 0.1) is 13.8 Å². The molecule has 0 bridgehead atoms. The largest absolute Gasteiger partial charge is 0.376 e. The van der Waals surface area contributed by atoms with Gasteiger partial charge in [0, 0.05) is 51.1 Å². The number of ether oxygens (including phenoxy) is 1. The van der Waals surface area contributed by atoms with Gasteiger partial charge in [-0.15, -0.1) is 0 Å². The predicted octanol–water partition coefficient (Wildman–Crippen LogP) is 2.33. The summed E-state index contributed by atoms with van der Waals surface area (Å²) in [4.78, 5) is 25.7. The Morgan fingerprint density at radius 3 is 2.72 bits per heavy atom. The van der Waals surface area contributed by atoms with Crippen molar-refractivity contribution in [2.75, 3.05) is 49.1 Å². The normalized spacial score (nSPS) is 19.4. The quantitative estimate of drug-likeness (QED) is 0.838. The highest BCUT2D eigenvalue weighted by Gasteiger charge is 2.22. The van der Waals surface area contributed by atoms with E-state index < -0.39 is 0 Å². The number of anilines is 2. The fourth-order valence-electron chi connectivity index (χ4n) is 4.00. The zero-order valence-electron chi connectivity index (χ0n) is 17.2. The van der Waals surface area contributed by atoms with Gasteiger partial charge in [0.05, 0.1) is 6.10 Å². The van der Waals surface area contributed by atoms with Crippen LogP contribution in [0.5, 0.6) is 0 Å². The third-order valence-electron chi connectivity index (χ3n) is 5.92. The van der Waals surface area contributed by atoms with Crippen molar-refractivity contribution in [1.82, 2.24) is 15.3 Å². The number of aromatic nitrogens is 2. The highest BCUT2D eigenvalue weighted by Crippen LogP contribution is 2.25. The number of hydrogen-bond donors (Lipinski definition) is 1. The second-order valence-corrected chi connectivity index (χ2v) is 7.80. The molecule has 4 rings (SSSR count). The molecule has 7 heteroatoms. The fraction of sp³-hybridized carbons (Fsp3) is 0.500. The van der Waals surface area contributed by atoms with E-state index in [1.807, 2.05) is 0 Å². The minimum atomic E-state index is -0.168. The molecule has 2 aromatic rings. The highest BCUT2D eigenvalue weighted by atomic mass is 16.5. The van der Waals surface area contributed by atoms with Crippen LogP contribution in [-0.2, 0) is 4.74 Å². The van der Waals surface area contributed by atoms with E-state index in [0.717, 1.165) is 51.4 Å². The maximum absolute atomic E-state index is 12.5. The van der Waals surface area contributed by atoms with Gasteiger partial charge in [-0.2, -0.15) is 0 Å². The first kappa shape index (κ1) is 19.6. The summed E-state index contributed by atoms with van der Waals surface area (Å²) in [5.41, 5.74) is 4.37. The summed E-state index contributed by atoms with van der Waals surface area (Å²) in [6.07, 6.45) is 3.66. The lowest BCUT2D eigenvalue weighted by Crippen LogP contribution is -2.47. The molecule has 0 spiro atoms. The van der Waals surface area contributed by atoms with E-state index >= 15 is 0 Å². The number of carbonyl (C=O) groups excluding carboxylic acids is 1. The monoisotopic (exact) mass is 395 g/mol. The molecule has 7 nitrogen and oxygen atoms in total. The average Bonchev–Trinajstić information content (AvgIpc) is 3.28. The number of carbonyl (C=O) groups is 1. The van der Waals surface area contributed by atoms with Crippen LogP contribution in [0.2, 0.25) is 0 Å². The maximum Gasteiger partial charge on any atom is 0.270 e. The standard InChI is InChI=1S/C22H29N5O2/c1-16-5-3-7-20(17(16)2)26-8-10-27(11-9-26)21-13-19(24-15-25-21)22(28)23-14-18-6-4-12-29-18/h3,5,7,13,15,18H,4,6,8-12,14H2,1-2H3,(H,23,28). The van der Waals surface area contributed by atoms with E-state index in [-0.39, 0.29) is 12.0 Å². The van der Waals surface area contributed by atoms with Gasteiger partial charge in [-0.1, -0.05) is 12.1 Å². The van der Waals surface area contributed by atoms with E-state index in [4.69, 9.17) is 4.74 Å². The van der Waals surface area contributed by atoms with Crippen LogP contribution >= 0.6 is 0 Å². The Morgan fingerprint density at radius 2 is 1.97 bits per heavy atom. The number of amides is 1. The van der Waals surface area contributed by atoms with Gasteiger partial charge in [-0.3, -0.25) is 4.79 Å². The summed E-state index contributed by atoms with van der Waals surface area (Å²) in [6, 6.07) is 8.26. The van der Waals surface area contributed by atoms with Gasteiger partial charge in [-0.25, -0.2) is 9.97 Å². The molecular formula is C22H29N5O2. The lowest BCUT2D eigenvalue weighted by atomic mass is 10.1. The van der Waals surface area contributed by atoms with Crippen molar-refractivity contribution < 1.29 is 9.53 Å². The molecule has 1 atom stereocenters. The number of nitrogens with zero attached hydrogens (tertiary/aromatic N) is 4. The summed E-state index contributed by atoms with van der Waals surface area (Å²) in [5, 5.41) is 2.93. The Hall–Kier alpha value is -2.67. The molecule has 0 aliphatic carbocycles. The lowest BCUT2D eigenvalue weighted by Gasteiger charge is -2.37. The van der Waals surface area contributed by atoms with Gasteiger partial charge < -0.3 is 19.9 Å². The van der Waals surface area contributed by atoms with Crippen LogP contribution in [0.25, 0.3) is 0 Å². The minimum absolute atomic E-state index is 0.124. The number of hydrogen-bond acceptors (Lipinski definition) is 6. The van der Waals surface area contributed by atoms with Crippen molar-refractivity contribution in [2.45, 2.75) is 32.8 Å². The van der Waals surface area contributed by atoms with Crippen molar-refractivity contribution in [3.05, 3.63) is 47.4 Å². The predicted molar refractivity (Wildman–Crippen MR) is 114 cm³/mol. The fourth-order valence-corrected chi connectivity index (χ4v) is 4.00. The first-order valence-corrected chi connectivity index (χ1v) is 10.4. The minimum Gasteiger partial charge on any atom is -0.376 e. The van der Waals surface area contributed by atoms with E-state index in [1.54, 1.807) is 6.07 Å². The molecule has 2 aliphatic heterocycles. The third-order valence-corrected chi connectivity index (χ3v) is 5.92. The number of piperazine rings is 1. The summed E-state index contributed by atoms with van der Waals surface area (Å²) in [5.74, 6) is 0.640. The van der Waals surface area contributed by atoms with Crippen molar-refractivity contribution in [2.24, 2.45) is 0 Å². The van der Waals surface area contributed by atoms with Gasteiger partial charge in [0.2, 0.25) is 0 Å².